The van der Waals surface area contributed by atoms with Crippen LogP contribution < -0.4 is 5.32 Å². The maximum Gasteiger partial charge on any atom is 0.435 e. The van der Waals surface area contributed by atoms with Crippen molar-refractivity contribution in [3.05, 3.63) is 28.9 Å². The standard InChI is InChI=1S/C15H17F3N4O2/c1-8-14(9(2)24-21-8)19-13(23)5-6-22-11(10-3-4-10)7-12(20-22)15(16,17)18/h7,10H,3-6H2,1-2H3,(H,19,23). The number of hydrogen-bond acceptors (Lipinski definition) is 4. The van der Waals surface area contributed by atoms with Gasteiger partial charge in [0, 0.05) is 24.6 Å². The van der Waals surface area contributed by atoms with Gasteiger partial charge in [0.25, 0.3) is 0 Å². The summed E-state index contributed by atoms with van der Waals surface area (Å²) in [6.45, 7) is 3.46. The van der Waals surface area contributed by atoms with E-state index in [0.29, 0.717) is 22.8 Å². The molecule has 3 rings (SSSR count). The molecule has 2 aromatic rings. The van der Waals surface area contributed by atoms with Gasteiger partial charge in [-0.1, -0.05) is 5.16 Å². The highest BCUT2D eigenvalue weighted by molar-refractivity contribution is 5.91. The number of carbonyl (C=O) groups is 1. The summed E-state index contributed by atoms with van der Waals surface area (Å²) in [7, 11) is 0. The van der Waals surface area contributed by atoms with Crippen LogP contribution in [0.4, 0.5) is 18.9 Å². The number of nitrogens with zero attached hydrogens (tertiary/aromatic N) is 3. The van der Waals surface area contributed by atoms with Crippen molar-refractivity contribution in [2.75, 3.05) is 5.32 Å². The lowest BCUT2D eigenvalue weighted by Gasteiger charge is -2.07. The summed E-state index contributed by atoms with van der Waals surface area (Å²) in [5.74, 6) is 0.271. The normalized spacial score (nSPS) is 14.9. The first-order valence-corrected chi connectivity index (χ1v) is 7.63. The van der Waals surface area contributed by atoms with Crippen LogP contribution in [-0.2, 0) is 17.5 Å². The summed E-state index contributed by atoms with van der Waals surface area (Å²) in [6, 6.07) is 1.09. The van der Waals surface area contributed by atoms with Crippen LogP contribution in [0.2, 0.25) is 0 Å². The summed E-state index contributed by atoms with van der Waals surface area (Å²) < 4.78 is 44.7. The van der Waals surface area contributed by atoms with Gasteiger partial charge in [-0.3, -0.25) is 9.48 Å². The molecule has 9 heteroatoms. The SMILES string of the molecule is Cc1noc(C)c1NC(=O)CCn1nc(C(F)(F)F)cc1C1CC1. The second-order valence-corrected chi connectivity index (χ2v) is 5.95. The summed E-state index contributed by atoms with van der Waals surface area (Å²) in [4.78, 5) is 12.0. The van der Waals surface area contributed by atoms with Crippen molar-refractivity contribution in [1.29, 1.82) is 0 Å². The molecule has 1 N–H and O–H groups in total. The summed E-state index contributed by atoms with van der Waals surface area (Å²) in [6.07, 6.45) is -2.75. The molecule has 2 heterocycles. The fourth-order valence-corrected chi connectivity index (χ4v) is 2.53. The van der Waals surface area contributed by atoms with Crippen molar-refractivity contribution in [3.63, 3.8) is 0 Å². The molecule has 0 spiro atoms. The average Bonchev–Trinajstić information content (AvgIpc) is 3.18. The van der Waals surface area contributed by atoms with Crippen LogP contribution in [-0.4, -0.2) is 20.8 Å². The predicted octanol–water partition coefficient (Wildman–Crippen LogP) is 3.41. The van der Waals surface area contributed by atoms with Gasteiger partial charge in [-0.2, -0.15) is 18.3 Å². The van der Waals surface area contributed by atoms with Gasteiger partial charge in [0.1, 0.15) is 11.4 Å². The van der Waals surface area contributed by atoms with Crippen molar-refractivity contribution >= 4 is 11.6 Å². The van der Waals surface area contributed by atoms with Gasteiger partial charge in [-0.25, -0.2) is 0 Å². The lowest BCUT2D eigenvalue weighted by Crippen LogP contribution is -2.17. The Bertz CT molecular complexity index is 740. The van der Waals surface area contributed by atoms with E-state index in [1.54, 1.807) is 13.8 Å². The van der Waals surface area contributed by atoms with E-state index in [0.717, 1.165) is 18.9 Å². The first-order chi connectivity index (χ1) is 11.3. The topological polar surface area (TPSA) is 73.0 Å². The lowest BCUT2D eigenvalue weighted by molar-refractivity contribution is -0.141. The molecule has 1 saturated carbocycles. The average molecular weight is 342 g/mol. The maximum absolute atomic E-state index is 12.8. The van der Waals surface area contributed by atoms with Gasteiger partial charge >= 0.3 is 6.18 Å². The molecule has 1 amide bonds. The zero-order valence-electron chi connectivity index (χ0n) is 13.3. The number of hydrogen-bond donors (Lipinski definition) is 1. The van der Waals surface area contributed by atoms with Crippen molar-refractivity contribution in [3.8, 4) is 0 Å². The molecule has 0 aliphatic heterocycles. The Kier molecular flexibility index (Phi) is 4.10. The Balaban J connectivity index is 1.68. The van der Waals surface area contributed by atoms with E-state index in [-0.39, 0.29) is 24.8 Å². The minimum atomic E-state index is -4.48. The molecule has 0 aromatic carbocycles. The van der Waals surface area contributed by atoms with Crippen LogP contribution in [0.15, 0.2) is 10.6 Å². The third-order valence-corrected chi connectivity index (χ3v) is 3.95. The van der Waals surface area contributed by atoms with E-state index >= 15 is 0 Å². The fourth-order valence-electron chi connectivity index (χ4n) is 2.53. The predicted molar refractivity (Wildman–Crippen MR) is 78.4 cm³/mol. The first kappa shape index (κ1) is 16.5. The largest absolute Gasteiger partial charge is 0.435 e. The number of alkyl halides is 3. The molecule has 0 saturated heterocycles. The fraction of sp³-hybridized carbons (Fsp3) is 0.533. The minimum Gasteiger partial charge on any atom is -0.359 e. The van der Waals surface area contributed by atoms with Crippen LogP contribution >= 0.6 is 0 Å². The monoisotopic (exact) mass is 342 g/mol. The number of rotatable bonds is 5. The molecule has 1 aliphatic rings. The smallest absolute Gasteiger partial charge is 0.359 e. The minimum absolute atomic E-state index is 0.0166. The first-order valence-electron chi connectivity index (χ1n) is 7.63. The highest BCUT2D eigenvalue weighted by Gasteiger charge is 2.37. The molecule has 0 bridgehead atoms. The Morgan fingerprint density at radius 2 is 2.12 bits per heavy atom. The Morgan fingerprint density at radius 3 is 2.67 bits per heavy atom. The molecule has 1 fully saturated rings. The van der Waals surface area contributed by atoms with Crippen molar-refractivity contribution in [2.24, 2.45) is 0 Å². The van der Waals surface area contributed by atoms with E-state index in [9.17, 15) is 18.0 Å². The van der Waals surface area contributed by atoms with Crippen LogP contribution in [0, 0.1) is 13.8 Å². The number of amides is 1. The second-order valence-electron chi connectivity index (χ2n) is 5.95. The highest BCUT2D eigenvalue weighted by atomic mass is 19.4. The van der Waals surface area contributed by atoms with E-state index in [4.69, 9.17) is 4.52 Å². The highest BCUT2D eigenvalue weighted by Crippen LogP contribution is 2.42. The lowest BCUT2D eigenvalue weighted by atomic mass is 10.2. The molecule has 0 radical (unpaired) electrons. The zero-order valence-corrected chi connectivity index (χ0v) is 13.3. The number of aromatic nitrogens is 3. The molecule has 130 valence electrons. The summed E-state index contributed by atoms with van der Waals surface area (Å²) >= 11 is 0. The second kappa shape index (κ2) is 5.95. The van der Waals surface area contributed by atoms with Gasteiger partial charge < -0.3 is 9.84 Å². The van der Waals surface area contributed by atoms with E-state index in [1.807, 2.05) is 0 Å². The molecule has 0 atom stereocenters. The summed E-state index contributed by atoms with van der Waals surface area (Å²) in [5.41, 5.74) is 0.694. The Labute approximate surface area is 136 Å². The number of nitrogens with one attached hydrogen (secondary N) is 1. The molecule has 24 heavy (non-hydrogen) atoms. The molecule has 0 unspecified atom stereocenters. The third kappa shape index (κ3) is 3.44. The summed E-state index contributed by atoms with van der Waals surface area (Å²) in [5, 5.41) is 10.0. The van der Waals surface area contributed by atoms with Crippen molar-refractivity contribution in [1.82, 2.24) is 14.9 Å². The van der Waals surface area contributed by atoms with Crippen LogP contribution in [0.5, 0.6) is 0 Å². The van der Waals surface area contributed by atoms with Crippen molar-refractivity contribution < 1.29 is 22.5 Å². The Morgan fingerprint density at radius 1 is 1.42 bits per heavy atom. The molecule has 1 aliphatic carbocycles. The van der Waals surface area contributed by atoms with Gasteiger partial charge in [0.05, 0.1) is 0 Å². The molecule has 6 nitrogen and oxygen atoms in total. The molecular weight excluding hydrogens is 325 g/mol. The number of anilines is 1. The van der Waals surface area contributed by atoms with Gasteiger partial charge in [-0.05, 0) is 32.8 Å². The van der Waals surface area contributed by atoms with E-state index < -0.39 is 11.9 Å². The Hall–Kier alpha value is -2.32. The number of halogens is 3. The van der Waals surface area contributed by atoms with E-state index in [1.165, 1.54) is 4.68 Å². The van der Waals surface area contributed by atoms with Crippen LogP contribution in [0.25, 0.3) is 0 Å². The number of carbonyl (C=O) groups excluding carboxylic acids is 1. The van der Waals surface area contributed by atoms with E-state index in [2.05, 4.69) is 15.6 Å². The van der Waals surface area contributed by atoms with Gasteiger partial charge in [0.15, 0.2) is 11.5 Å². The van der Waals surface area contributed by atoms with Gasteiger partial charge in [0.2, 0.25) is 5.91 Å². The van der Waals surface area contributed by atoms with Crippen LogP contribution in [0.1, 0.15) is 48.0 Å². The maximum atomic E-state index is 12.8. The van der Waals surface area contributed by atoms with Crippen molar-refractivity contribution in [2.45, 2.75) is 51.7 Å². The quantitative estimate of drug-likeness (QED) is 0.904. The number of aryl methyl sites for hydroxylation is 3. The van der Waals surface area contributed by atoms with Gasteiger partial charge in [-0.15, -0.1) is 0 Å². The molecule has 2 aromatic heterocycles. The molecular formula is C15H17F3N4O2. The van der Waals surface area contributed by atoms with Crippen LogP contribution in [0.3, 0.4) is 0 Å². The zero-order chi connectivity index (χ0) is 17.5. The third-order valence-electron chi connectivity index (χ3n) is 3.95.